The second-order valence-corrected chi connectivity index (χ2v) is 5.44. The number of carbonyl (C=O) groups excluding carboxylic acids is 1. The van der Waals surface area contributed by atoms with Gasteiger partial charge < -0.3 is 22.0 Å². The smallest absolute Gasteiger partial charge is 0.300 e. The number of aryl methyl sites for hydroxylation is 1. The Balaban J connectivity index is -0.000000319. The van der Waals surface area contributed by atoms with E-state index in [2.05, 4.69) is 6.07 Å². The average Bonchev–Trinajstić information content (AvgIpc) is 3.22. The molecule has 2 atom stereocenters. The van der Waals surface area contributed by atoms with E-state index < -0.39 is 11.6 Å². The molecule has 0 amide bonds. The molecule has 1 aliphatic carbocycles. The fourth-order valence-electron chi connectivity index (χ4n) is 3.09. The largest absolute Gasteiger partial charge is 0.517 e. The minimum Gasteiger partial charge on any atom is -0.517 e. The molecule has 0 saturated heterocycles. The maximum atomic E-state index is 12.2. The van der Waals surface area contributed by atoms with E-state index in [-0.39, 0.29) is 78.6 Å². The van der Waals surface area contributed by atoms with Gasteiger partial charge in [-0.2, -0.15) is 0 Å². The molecule has 0 bridgehead atoms. The van der Waals surface area contributed by atoms with Gasteiger partial charge in [-0.15, -0.1) is 35.4 Å². The molecule has 1 N–H and O–H groups in total. The molecule has 0 aromatic heterocycles. The van der Waals surface area contributed by atoms with Crippen molar-refractivity contribution in [1.82, 2.24) is 0 Å². The summed E-state index contributed by atoms with van der Waals surface area (Å²) < 4.78 is 10.8. The summed E-state index contributed by atoms with van der Waals surface area (Å²) in [7, 11) is 1.64. The molecule has 1 fully saturated rings. The zero-order chi connectivity index (χ0) is 20.3. The fourth-order valence-corrected chi connectivity index (χ4v) is 3.09. The van der Waals surface area contributed by atoms with E-state index >= 15 is 0 Å². The van der Waals surface area contributed by atoms with Crippen molar-refractivity contribution in [3.8, 4) is 0 Å². The Labute approximate surface area is 218 Å². The van der Waals surface area contributed by atoms with Crippen molar-refractivity contribution in [1.29, 1.82) is 0 Å². The molecule has 1 saturated carbocycles. The fraction of sp³-hybridized carbons (Fsp3) is 0.565. The van der Waals surface area contributed by atoms with E-state index in [0.29, 0.717) is 18.4 Å². The van der Waals surface area contributed by atoms with Crippen LogP contribution < -0.4 is 0 Å². The molecule has 3 rings (SSSR count). The summed E-state index contributed by atoms with van der Waals surface area (Å²) in [6, 6.07) is 8.49. The number of hydrogen-bond donors (Lipinski definition) is 1. The van der Waals surface area contributed by atoms with Crippen LogP contribution in [0.1, 0.15) is 71.9 Å². The van der Waals surface area contributed by atoms with Crippen LogP contribution in [0.25, 0.3) is 5.57 Å². The van der Waals surface area contributed by atoms with Crippen LogP contribution in [-0.2, 0) is 68.0 Å². The molecule has 165 valence electrons. The quantitative estimate of drug-likeness (QED) is 0.311. The van der Waals surface area contributed by atoms with Gasteiger partial charge in [0, 0.05) is 72.9 Å². The Morgan fingerprint density at radius 3 is 2.21 bits per heavy atom. The number of ether oxygens (including phenoxy) is 2. The summed E-state index contributed by atoms with van der Waals surface area (Å²) in [6.45, 7) is 13.9. The average molecular weight is 651 g/mol. The number of carbonyl (C=O) groups is 1. The first-order valence-corrected chi connectivity index (χ1v) is 9.75. The minimum absolute atomic E-state index is 0. The summed E-state index contributed by atoms with van der Waals surface area (Å²) in [6.07, 6.45) is 1.90. The third-order valence-electron chi connectivity index (χ3n) is 4.24. The molecule has 1 aromatic rings. The maximum absolute atomic E-state index is 12.2. The van der Waals surface area contributed by atoms with Crippen molar-refractivity contribution in [2.75, 3.05) is 7.11 Å². The van der Waals surface area contributed by atoms with Crippen LogP contribution in [-0.4, -0.2) is 29.9 Å². The standard InChI is InChI=1S/C16H17O4.3C2H6.CH3.W.Y/c1-10-5-3-4-6-12(10)13-14(17)16(20-15(13)18)8-7-11(9-16)19-2;3*1-2;;;/h3-5,11,17H,7-9H2,1-2H3;3*1-2H3;1H3;;/q-1;;;;-1;;. The van der Waals surface area contributed by atoms with Gasteiger partial charge in [0.2, 0.25) is 0 Å². The first-order chi connectivity index (χ1) is 12.6. The first-order valence-electron chi connectivity index (χ1n) is 9.75. The maximum Gasteiger partial charge on any atom is 0.300 e. The third kappa shape index (κ3) is 8.56. The number of benzene rings is 1. The summed E-state index contributed by atoms with van der Waals surface area (Å²) in [5.74, 6) is -0.433. The molecule has 29 heavy (non-hydrogen) atoms. The van der Waals surface area contributed by atoms with Gasteiger partial charge in [0.15, 0.2) is 5.60 Å². The van der Waals surface area contributed by atoms with Crippen LogP contribution in [0.15, 0.2) is 24.0 Å². The van der Waals surface area contributed by atoms with Gasteiger partial charge in [-0.25, -0.2) is 0 Å². The molecular formula is C23H38O4WY-2. The number of aliphatic hydroxyl groups excluding tert-OH is 1. The topological polar surface area (TPSA) is 55.8 Å². The van der Waals surface area contributed by atoms with Crippen LogP contribution in [0.5, 0.6) is 0 Å². The van der Waals surface area contributed by atoms with Crippen molar-refractivity contribution in [2.24, 2.45) is 0 Å². The summed E-state index contributed by atoms with van der Waals surface area (Å²) >= 11 is 0. The number of esters is 1. The number of rotatable bonds is 2. The molecule has 1 heterocycles. The van der Waals surface area contributed by atoms with Crippen LogP contribution in [0, 0.1) is 20.4 Å². The van der Waals surface area contributed by atoms with Crippen LogP contribution >= 0.6 is 0 Å². The third-order valence-corrected chi connectivity index (χ3v) is 4.24. The molecule has 1 aromatic carbocycles. The summed E-state index contributed by atoms with van der Waals surface area (Å²) in [5.41, 5.74) is 0.861. The molecule has 2 unspecified atom stereocenters. The van der Waals surface area contributed by atoms with E-state index in [1.54, 1.807) is 13.2 Å². The Kier molecular flexibility index (Phi) is 23.5. The van der Waals surface area contributed by atoms with Crippen molar-refractivity contribution < 1.29 is 73.1 Å². The van der Waals surface area contributed by atoms with Gasteiger partial charge in [0.1, 0.15) is 5.76 Å². The molecule has 4 nitrogen and oxygen atoms in total. The zero-order valence-electron chi connectivity index (χ0n) is 19.6. The number of methoxy groups -OCH3 is 1. The predicted octanol–water partition coefficient (Wildman–Crippen LogP) is 6.08. The van der Waals surface area contributed by atoms with E-state index in [0.717, 1.165) is 12.0 Å². The second kappa shape index (κ2) is 18.7. The van der Waals surface area contributed by atoms with Gasteiger partial charge >= 0.3 is 0 Å². The van der Waals surface area contributed by atoms with Crippen LogP contribution in [0.3, 0.4) is 0 Å². The zero-order valence-corrected chi connectivity index (χ0v) is 25.4. The molecule has 1 aliphatic heterocycles. The monoisotopic (exact) mass is 651 g/mol. The van der Waals surface area contributed by atoms with Crippen molar-refractivity contribution in [2.45, 2.75) is 79.4 Å². The van der Waals surface area contributed by atoms with Crippen LogP contribution in [0.4, 0.5) is 0 Å². The summed E-state index contributed by atoms with van der Waals surface area (Å²) in [5, 5.41) is 10.6. The minimum atomic E-state index is -0.900. The first kappa shape index (κ1) is 36.4. The number of hydrogen-bond acceptors (Lipinski definition) is 4. The molecular weight excluding hydrogens is 613 g/mol. The van der Waals surface area contributed by atoms with E-state index in [4.69, 9.17) is 9.47 Å². The predicted molar refractivity (Wildman–Crippen MR) is 113 cm³/mol. The van der Waals surface area contributed by atoms with E-state index in [1.807, 2.05) is 60.6 Å². The SMILES string of the molecule is CC.CC.CC.COC1CCC2(C1)OC(=O)C(c1[c-]cccc1C)=C2O.[CH3-].[W].[Y]. The molecule has 6 heteroatoms. The Morgan fingerprint density at radius 2 is 1.76 bits per heavy atom. The summed E-state index contributed by atoms with van der Waals surface area (Å²) in [4.78, 5) is 12.2. The normalized spacial score (nSPS) is 20.8. The number of aliphatic hydroxyl groups is 1. The van der Waals surface area contributed by atoms with Gasteiger partial charge in [-0.1, -0.05) is 48.5 Å². The Bertz CT molecular complexity index is 604. The Morgan fingerprint density at radius 1 is 1.21 bits per heavy atom. The molecule has 1 radical (unpaired) electrons. The molecule has 2 aliphatic rings. The Hall–Kier alpha value is -0.0178. The van der Waals surface area contributed by atoms with Crippen molar-refractivity contribution in [3.63, 3.8) is 0 Å². The van der Waals surface area contributed by atoms with E-state index in [9.17, 15) is 9.90 Å². The van der Waals surface area contributed by atoms with Crippen molar-refractivity contribution >= 4 is 11.5 Å². The van der Waals surface area contributed by atoms with E-state index in [1.165, 1.54) is 0 Å². The van der Waals surface area contributed by atoms with Crippen molar-refractivity contribution in [3.05, 3.63) is 48.6 Å². The van der Waals surface area contributed by atoms with Gasteiger partial charge in [-0.3, -0.25) is 4.79 Å². The van der Waals surface area contributed by atoms with Gasteiger partial charge in [-0.05, 0) is 12.8 Å². The van der Waals surface area contributed by atoms with Gasteiger partial charge in [0.25, 0.3) is 5.97 Å². The van der Waals surface area contributed by atoms with Crippen LogP contribution in [0.2, 0.25) is 0 Å². The molecule has 1 spiro atoms. The second-order valence-electron chi connectivity index (χ2n) is 5.44. The van der Waals surface area contributed by atoms with Gasteiger partial charge in [0.05, 0.1) is 6.10 Å².